The Bertz CT molecular complexity index is 512. The van der Waals surface area contributed by atoms with Crippen LogP contribution in [-0.4, -0.2) is 44.1 Å². The summed E-state index contributed by atoms with van der Waals surface area (Å²) in [5.74, 6) is 2.28. The van der Waals surface area contributed by atoms with Crippen molar-refractivity contribution in [2.24, 2.45) is 11.8 Å². The zero-order chi connectivity index (χ0) is 17.4. The summed E-state index contributed by atoms with van der Waals surface area (Å²) in [7, 11) is 1.90. The summed E-state index contributed by atoms with van der Waals surface area (Å²) in [6.45, 7) is 7.84. The molecular formula is C20H32N2O2. The lowest BCUT2D eigenvalue weighted by atomic mass is 9.85. The molecule has 24 heavy (non-hydrogen) atoms. The summed E-state index contributed by atoms with van der Waals surface area (Å²) in [5, 5.41) is 3.44. The molecule has 0 spiro atoms. The summed E-state index contributed by atoms with van der Waals surface area (Å²) in [5.41, 5.74) is 1.15. The second kappa shape index (κ2) is 9.67. The van der Waals surface area contributed by atoms with Gasteiger partial charge >= 0.3 is 0 Å². The van der Waals surface area contributed by atoms with Crippen LogP contribution in [0.25, 0.3) is 0 Å². The van der Waals surface area contributed by atoms with Gasteiger partial charge in [-0.05, 0) is 62.7 Å². The van der Waals surface area contributed by atoms with Crippen LogP contribution in [-0.2, 0) is 4.79 Å². The minimum Gasteiger partial charge on any atom is -0.493 e. The molecule has 1 aliphatic rings. The molecule has 0 aliphatic carbocycles. The predicted molar refractivity (Wildman–Crippen MR) is 98.3 cm³/mol. The van der Waals surface area contributed by atoms with Crippen LogP contribution in [0.3, 0.4) is 0 Å². The number of para-hydroxylation sites is 1. The number of amides is 1. The van der Waals surface area contributed by atoms with Crippen molar-refractivity contribution in [2.45, 2.75) is 39.5 Å². The molecule has 134 valence electrons. The van der Waals surface area contributed by atoms with Crippen molar-refractivity contribution in [1.29, 1.82) is 0 Å². The minimum absolute atomic E-state index is 0.254. The van der Waals surface area contributed by atoms with Crippen LogP contribution in [0, 0.1) is 18.8 Å². The number of ether oxygens (including phenoxy) is 1. The number of piperidine rings is 1. The number of benzene rings is 1. The number of hydrogen-bond acceptors (Lipinski definition) is 3. The van der Waals surface area contributed by atoms with Crippen molar-refractivity contribution < 1.29 is 9.53 Å². The van der Waals surface area contributed by atoms with Crippen LogP contribution in [0.4, 0.5) is 0 Å². The molecule has 0 aromatic heterocycles. The van der Waals surface area contributed by atoms with Gasteiger partial charge in [-0.25, -0.2) is 0 Å². The second-order valence-electron chi connectivity index (χ2n) is 7.07. The molecule has 1 heterocycles. The van der Waals surface area contributed by atoms with E-state index in [1.807, 2.05) is 43.1 Å². The zero-order valence-electron chi connectivity index (χ0n) is 15.4. The number of hydrogen-bond donors (Lipinski definition) is 1. The Morgan fingerprint density at radius 2 is 2.21 bits per heavy atom. The molecule has 1 aromatic rings. The average Bonchev–Trinajstić information content (AvgIpc) is 2.60. The molecule has 1 N–H and O–H groups in total. The Morgan fingerprint density at radius 1 is 1.42 bits per heavy atom. The number of carbonyl (C=O) groups excluding carboxylic acids is 1. The molecule has 4 heteroatoms. The molecule has 0 bridgehead atoms. The van der Waals surface area contributed by atoms with Crippen molar-refractivity contribution in [3.8, 4) is 5.75 Å². The number of nitrogens with zero attached hydrogens (tertiary/aromatic N) is 1. The van der Waals surface area contributed by atoms with Gasteiger partial charge in [0.05, 0.1) is 6.61 Å². The van der Waals surface area contributed by atoms with Gasteiger partial charge in [0.25, 0.3) is 0 Å². The van der Waals surface area contributed by atoms with Gasteiger partial charge in [0.15, 0.2) is 0 Å². The molecule has 0 radical (unpaired) electrons. The van der Waals surface area contributed by atoms with Crippen LogP contribution in [0.5, 0.6) is 5.75 Å². The first-order valence-electron chi connectivity index (χ1n) is 9.21. The fraction of sp³-hybridized carbons (Fsp3) is 0.650. The Morgan fingerprint density at radius 3 is 2.92 bits per heavy atom. The average molecular weight is 332 g/mol. The van der Waals surface area contributed by atoms with Crippen LogP contribution in [0.2, 0.25) is 0 Å². The fourth-order valence-electron chi connectivity index (χ4n) is 3.29. The van der Waals surface area contributed by atoms with Crippen LogP contribution in [0.15, 0.2) is 24.3 Å². The van der Waals surface area contributed by atoms with Crippen molar-refractivity contribution in [3.05, 3.63) is 29.8 Å². The molecule has 1 fully saturated rings. The summed E-state index contributed by atoms with van der Waals surface area (Å²) in [6, 6.07) is 8.04. The van der Waals surface area contributed by atoms with Gasteiger partial charge in [-0.15, -0.1) is 0 Å². The zero-order valence-corrected chi connectivity index (χ0v) is 15.4. The molecule has 2 atom stereocenters. The van der Waals surface area contributed by atoms with Gasteiger partial charge in [0.2, 0.25) is 5.91 Å². The van der Waals surface area contributed by atoms with Gasteiger partial charge in [-0.2, -0.15) is 0 Å². The van der Waals surface area contributed by atoms with E-state index >= 15 is 0 Å². The predicted octanol–water partition coefficient (Wildman–Crippen LogP) is 3.25. The standard InChI is InChI=1S/C20H32N2O2/c1-16-8-4-5-10-19(16)24-13-7-12-22(3)20(23)14-17(2)18-9-6-11-21-15-18/h4-5,8,10,17-18,21H,6-7,9,11-15H2,1-3H3. The first-order chi connectivity index (χ1) is 11.6. The summed E-state index contributed by atoms with van der Waals surface area (Å²) >= 11 is 0. The van der Waals surface area contributed by atoms with Gasteiger partial charge in [-0.3, -0.25) is 4.79 Å². The molecule has 1 aromatic carbocycles. The summed E-state index contributed by atoms with van der Waals surface area (Å²) in [4.78, 5) is 14.2. The fourth-order valence-corrected chi connectivity index (χ4v) is 3.29. The van der Waals surface area contributed by atoms with E-state index in [1.165, 1.54) is 12.8 Å². The number of carbonyl (C=O) groups is 1. The monoisotopic (exact) mass is 332 g/mol. The summed E-state index contributed by atoms with van der Waals surface area (Å²) in [6.07, 6.45) is 3.99. The summed E-state index contributed by atoms with van der Waals surface area (Å²) < 4.78 is 5.80. The van der Waals surface area contributed by atoms with E-state index in [-0.39, 0.29) is 5.91 Å². The Hall–Kier alpha value is -1.55. The third-order valence-electron chi connectivity index (χ3n) is 5.05. The maximum absolute atomic E-state index is 12.4. The molecule has 4 nitrogen and oxygen atoms in total. The van der Waals surface area contributed by atoms with Crippen LogP contribution < -0.4 is 10.1 Å². The highest BCUT2D eigenvalue weighted by Crippen LogP contribution is 2.23. The van der Waals surface area contributed by atoms with E-state index in [0.717, 1.165) is 37.4 Å². The maximum atomic E-state index is 12.4. The van der Waals surface area contributed by atoms with Gasteiger partial charge in [0.1, 0.15) is 5.75 Å². The highest BCUT2D eigenvalue weighted by molar-refractivity contribution is 5.76. The topological polar surface area (TPSA) is 41.6 Å². The van der Waals surface area contributed by atoms with E-state index in [2.05, 4.69) is 12.2 Å². The first kappa shape index (κ1) is 18.8. The number of nitrogens with one attached hydrogen (secondary N) is 1. The molecule has 0 saturated carbocycles. The second-order valence-corrected chi connectivity index (χ2v) is 7.07. The van der Waals surface area contributed by atoms with Crippen molar-refractivity contribution >= 4 is 5.91 Å². The van der Waals surface area contributed by atoms with Crippen LogP contribution >= 0.6 is 0 Å². The number of aryl methyl sites for hydroxylation is 1. The third kappa shape index (κ3) is 5.82. The molecule has 1 amide bonds. The van der Waals surface area contributed by atoms with Gasteiger partial charge < -0.3 is 15.0 Å². The Labute approximate surface area is 146 Å². The highest BCUT2D eigenvalue weighted by atomic mass is 16.5. The van der Waals surface area contributed by atoms with E-state index in [1.54, 1.807) is 0 Å². The largest absolute Gasteiger partial charge is 0.493 e. The van der Waals surface area contributed by atoms with E-state index in [9.17, 15) is 4.79 Å². The van der Waals surface area contributed by atoms with Gasteiger partial charge in [-0.1, -0.05) is 25.1 Å². The molecule has 1 aliphatic heterocycles. The molecule has 2 unspecified atom stereocenters. The smallest absolute Gasteiger partial charge is 0.222 e. The van der Waals surface area contributed by atoms with Crippen LogP contribution in [0.1, 0.15) is 38.2 Å². The lowest BCUT2D eigenvalue weighted by Gasteiger charge is -2.29. The van der Waals surface area contributed by atoms with E-state index < -0.39 is 0 Å². The maximum Gasteiger partial charge on any atom is 0.222 e. The van der Waals surface area contributed by atoms with Crippen molar-refractivity contribution in [3.63, 3.8) is 0 Å². The Kier molecular flexibility index (Phi) is 7.57. The minimum atomic E-state index is 0.254. The highest BCUT2D eigenvalue weighted by Gasteiger charge is 2.23. The first-order valence-corrected chi connectivity index (χ1v) is 9.21. The van der Waals surface area contributed by atoms with E-state index in [4.69, 9.17) is 4.74 Å². The normalized spacial score (nSPS) is 18.9. The quantitative estimate of drug-likeness (QED) is 0.743. The molecule has 2 rings (SSSR count). The SMILES string of the molecule is Cc1ccccc1OCCCN(C)C(=O)CC(C)C1CCCNC1. The lowest BCUT2D eigenvalue weighted by Crippen LogP contribution is -2.36. The Balaban J connectivity index is 1.65. The molecular weight excluding hydrogens is 300 g/mol. The number of rotatable bonds is 8. The van der Waals surface area contributed by atoms with Crippen molar-refractivity contribution in [2.75, 3.05) is 33.3 Å². The molecule has 1 saturated heterocycles. The van der Waals surface area contributed by atoms with E-state index in [0.29, 0.717) is 24.9 Å². The van der Waals surface area contributed by atoms with Crippen molar-refractivity contribution in [1.82, 2.24) is 10.2 Å². The third-order valence-corrected chi connectivity index (χ3v) is 5.05. The van der Waals surface area contributed by atoms with Gasteiger partial charge in [0, 0.05) is 20.0 Å². The lowest BCUT2D eigenvalue weighted by molar-refractivity contribution is -0.131.